The molecule has 2 heterocycles. The zero-order chi connectivity index (χ0) is 15.8. The van der Waals surface area contributed by atoms with Gasteiger partial charge in [-0.25, -0.2) is 4.79 Å². The minimum absolute atomic E-state index is 0.118. The summed E-state index contributed by atoms with van der Waals surface area (Å²) in [5.74, 6) is -0.675. The number of rotatable bonds is 2. The number of ether oxygens (including phenoxy) is 2. The number of aliphatic hydroxyl groups excluding tert-OH is 1. The van der Waals surface area contributed by atoms with Gasteiger partial charge >= 0.3 is 12.1 Å². The van der Waals surface area contributed by atoms with Crippen LogP contribution in [0.3, 0.4) is 0 Å². The van der Waals surface area contributed by atoms with Gasteiger partial charge in [-0.15, -0.1) is 0 Å². The quantitative estimate of drug-likeness (QED) is 0.783. The number of piperidine rings is 2. The van der Waals surface area contributed by atoms with Gasteiger partial charge in [0.1, 0.15) is 5.60 Å². The van der Waals surface area contributed by atoms with Gasteiger partial charge < -0.3 is 19.5 Å². The number of aliphatic hydroxyl groups is 1. The summed E-state index contributed by atoms with van der Waals surface area (Å²) in [5.41, 5.74) is -0.599. The second kappa shape index (κ2) is 5.83. The predicted octanol–water partition coefficient (Wildman–Crippen LogP) is 1.56. The van der Waals surface area contributed by atoms with Crippen LogP contribution in [0.15, 0.2) is 0 Å². The number of hydrogen-bond donors (Lipinski definition) is 1. The number of esters is 1. The molecule has 1 aliphatic carbocycles. The van der Waals surface area contributed by atoms with Crippen LogP contribution in [0.4, 0.5) is 4.79 Å². The molecule has 4 unspecified atom stereocenters. The van der Waals surface area contributed by atoms with E-state index in [0.717, 1.165) is 0 Å². The third-order valence-corrected chi connectivity index (χ3v) is 4.00. The highest BCUT2D eigenvalue weighted by atomic mass is 16.6. The monoisotopic (exact) mass is 299 g/mol. The predicted molar refractivity (Wildman–Crippen MR) is 75.6 cm³/mol. The van der Waals surface area contributed by atoms with E-state index in [2.05, 4.69) is 0 Å². The molecule has 0 aromatic carbocycles. The molecule has 3 aliphatic rings. The molecule has 1 N–H and O–H groups in total. The van der Waals surface area contributed by atoms with Crippen molar-refractivity contribution in [3.63, 3.8) is 0 Å². The first-order chi connectivity index (χ1) is 9.73. The molecule has 3 fully saturated rings. The summed E-state index contributed by atoms with van der Waals surface area (Å²) in [6, 6.07) is -0.538. The van der Waals surface area contributed by atoms with Gasteiger partial charge in [0.25, 0.3) is 0 Å². The summed E-state index contributed by atoms with van der Waals surface area (Å²) in [5, 5.41) is 10.2. The average molecular weight is 299 g/mol. The van der Waals surface area contributed by atoms with Crippen LogP contribution in [0.1, 0.15) is 40.5 Å². The molecular weight excluding hydrogens is 274 g/mol. The lowest BCUT2D eigenvalue weighted by Crippen LogP contribution is -2.63. The van der Waals surface area contributed by atoms with Crippen LogP contribution in [0.25, 0.3) is 0 Å². The molecule has 3 rings (SSSR count). The normalized spacial score (nSPS) is 32.0. The number of nitrogens with zero attached hydrogens (tertiary/aromatic N) is 1. The van der Waals surface area contributed by atoms with E-state index in [4.69, 9.17) is 9.47 Å². The van der Waals surface area contributed by atoms with Crippen molar-refractivity contribution in [1.82, 2.24) is 4.90 Å². The van der Waals surface area contributed by atoms with E-state index < -0.39 is 29.8 Å². The molecule has 1 amide bonds. The molecule has 0 aromatic heterocycles. The van der Waals surface area contributed by atoms with Gasteiger partial charge in [-0.1, -0.05) is 0 Å². The molecule has 4 atom stereocenters. The zero-order valence-electron chi connectivity index (χ0n) is 13.2. The number of carbonyl (C=O) groups is 2. The zero-order valence-corrected chi connectivity index (χ0v) is 13.2. The number of carbonyl (C=O) groups excluding carboxylic acids is 2. The van der Waals surface area contributed by atoms with E-state index in [0.29, 0.717) is 26.0 Å². The Balaban J connectivity index is 2.16. The topological polar surface area (TPSA) is 76.1 Å². The Kier molecular flexibility index (Phi) is 4.46. The van der Waals surface area contributed by atoms with Gasteiger partial charge in [-0.3, -0.25) is 4.79 Å². The molecule has 0 aromatic rings. The number of amides is 1. The van der Waals surface area contributed by atoms with Crippen molar-refractivity contribution in [3.05, 3.63) is 0 Å². The molecule has 2 bridgehead atoms. The molecule has 2 aliphatic heterocycles. The Morgan fingerprint density at radius 1 is 1.29 bits per heavy atom. The molecule has 0 radical (unpaired) electrons. The van der Waals surface area contributed by atoms with Gasteiger partial charge in [0, 0.05) is 6.54 Å². The third-order valence-electron chi connectivity index (χ3n) is 4.00. The Bertz CT molecular complexity index is 417. The van der Waals surface area contributed by atoms with Gasteiger partial charge in [0.15, 0.2) is 0 Å². The highest BCUT2D eigenvalue weighted by Gasteiger charge is 2.52. The van der Waals surface area contributed by atoms with Crippen molar-refractivity contribution >= 4 is 12.1 Å². The number of fused-ring (bicyclic) bond motifs is 3. The largest absolute Gasteiger partial charge is 0.466 e. The van der Waals surface area contributed by atoms with Crippen LogP contribution >= 0.6 is 0 Å². The summed E-state index contributed by atoms with van der Waals surface area (Å²) in [6.07, 6.45) is 0.129. The molecule has 0 spiro atoms. The van der Waals surface area contributed by atoms with Crippen LogP contribution in [0, 0.1) is 11.8 Å². The Morgan fingerprint density at radius 2 is 1.95 bits per heavy atom. The van der Waals surface area contributed by atoms with Crippen molar-refractivity contribution in [2.24, 2.45) is 11.8 Å². The lowest BCUT2D eigenvalue weighted by atomic mass is 9.71. The summed E-state index contributed by atoms with van der Waals surface area (Å²) < 4.78 is 10.5. The van der Waals surface area contributed by atoms with Gasteiger partial charge in [-0.2, -0.15) is 0 Å². The van der Waals surface area contributed by atoms with Crippen LogP contribution < -0.4 is 0 Å². The summed E-state index contributed by atoms with van der Waals surface area (Å²) in [6.45, 7) is 7.98. The fraction of sp³-hybridized carbons (Fsp3) is 0.867. The Hall–Kier alpha value is -1.30. The maximum Gasteiger partial charge on any atom is 0.410 e. The van der Waals surface area contributed by atoms with E-state index in [9.17, 15) is 14.7 Å². The van der Waals surface area contributed by atoms with E-state index in [1.54, 1.807) is 27.7 Å². The summed E-state index contributed by atoms with van der Waals surface area (Å²) in [7, 11) is 0. The van der Waals surface area contributed by atoms with E-state index in [1.165, 1.54) is 4.90 Å². The van der Waals surface area contributed by atoms with Crippen LogP contribution in [-0.4, -0.2) is 53.0 Å². The molecular formula is C15H25NO5. The van der Waals surface area contributed by atoms with Gasteiger partial charge in [0.2, 0.25) is 0 Å². The maximum absolute atomic E-state index is 12.3. The minimum Gasteiger partial charge on any atom is -0.466 e. The van der Waals surface area contributed by atoms with Crippen LogP contribution in [0.2, 0.25) is 0 Å². The van der Waals surface area contributed by atoms with E-state index >= 15 is 0 Å². The van der Waals surface area contributed by atoms with Gasteiger partial charge in [-0.05, 0) is 46.5 Å². The van der Waals surface area contributed by atoms with Crippen LogP contribution in [0.5, 0.6) is 0 Å². The molecule has 6 nitrogen and oxygen atoms in total. The summed E-state index contributed by atoms with van der Waals surface area (Å²) >= 11 is 0. The highest BCUT2D eigenvalue weighted by Crippen LogP contribution is 2.40. The third kappa shape index (κ3) is 3.48. The summed E-state index contributed by atoms with van der Waals surface area (Å²) in [4.78, 5) is 25.9. The molecule has 6 heteroatoms. The fourth-order valence-electron chi connectivity index (χ4n) is 3.32. The first-order valence-electron chi connectivity index (χ1n) is 7.57. The van der Waals surface area contributed by atoms with E-state index in [-0.39, 0.29) is 11.9 Å². The minimum atomic E-state index is -0.695. The first kappa shape index (κ1) is 16.1. The van der Waals surface area contributed by atoms with E-state index in [1.807, 2.05) is 0 Å². The van der Waals surface area contributed by atoms with Crippen molar-refractivity contribution in [1.29, 1.82) is 0 Å². The average Bonchev–Trinajstić information content (AvgIpc) is 2.36. The highest BCUT2D eigenvalue weighted by molar-refractivity contribution is 5.76. The molecule has 21 heavy (non-hydrogen) atoms. The van der Waals surface area contributed by atoms with Gasteiger partial charge in [0.05, 0.1) is 24.7 Å². The number of hydrogen-bond acceptors (Lipinski definition) is 5. The van der Waals surface area contributed by atoms with Crippen molar-refractivity contribution in [2.75, 3.05) is 13.2 Å². The SMILES string of the molecule is CCOC(=O)C1CC2CC(O)C1N(C(=O)OC(C)(C)C)C2. The fourth-order valence-corrected chi connectivity index (χ4v) is 3.32. The molecule has 1 saturated carbocycles. The van der Waals surface area contributed by atoms with Crippen LogP contribution in [-0.2, 0) is 14.3 Å². The second-order valence-electron chi connectivity index (χ2n) is 6.89. The second-order valence-corrected chi connectivity index (χ2v) is 6.89. The Morgan fingerprint density at radius 3 is 2.48 bits per heavy atom. The van der Waals surface area contributed by atoms with Crippen molar-refractivity contribution in [2.45, 2.75) is 58.3 Å². The lowest BCUT2D eigenvalue weighted by molar-refractivity contribution is -0.162. The Labute approximate surface area is 125 Å². The standard InChI is InChI=1S/C15H25NO5/c1-5-20-13(18)10-6-9-7-11(17)12(10)16(8-9)14(19)21-15(2,3)4/h9-12,17H,5-8H2,1-4H3. The van der Waals surface area contributed by atoms with Crippen molar-refractivity contribution < 1.29 is 24.2 Å². The molecule has 120 valence electrons. The maximum atomic E-state index is 12.3. The molecule has 2 saturated heterocycles. The smallest absolute Gasteiger partial charge is 0.410 e. The lowest BCUT2D eigenvalue weighted by Gasteiger charge is -2.50. The van der Waals surface area contributed by atoms with Crippen molar-refractivity contribution in [3.8, 4) is 0 Å². The first-order valence-corrected chi connectivity index (χ1v) is 7.57.